The van der Waals surface area contributed by atoms with E-state index in [4.69, 9.17) is 4.74 Å². The van der Waals surface area contributed by atoms with Crippen molar-refractivity contribution >= 4 is 39.3 Å². The highest BCUT2D eigenvalue weighted by molar-refractivity contribution is 9.10. The van der Waals surface area contributed by atoms with Gasteiger partial charge in [-0.15, -0.1) is 0 Å². The zero-order valence-corrected chi connectivity index (χ0v) is 14.7. The van der Waals surface area contributed by atoms with E-state index in [9.17, 15) is 4.79 Å². The lowest BCUT2D eigenvalue weighted by molar-refractivity contribution is -0.110. The van der Waals surface area contributed by atoms with Crippen molar-refractivity contribution in [2.45, 2.75) is 0 Å². The van der Waals surface area contributed by atoms with E-state index < -0.39 is 0 Å². The van der Waals surface area contributed by atoms with Gasteiger partial charge in [0.05, 0.1) is 5.57 Å². The van der Waals surface area contributed by atoms with Gasteiger partial charge in [-0.05, 0) is 57.9 Å². The Hall–Kier alpha value is -2.92. The summed E-state index contributed by atoms with van der Waals surface area (Å²) in [7, 11) is 0. The Morgan fingerprint density at radius 1 is 1.00 bits per heavy atom. The molecule has 4 nitrogen and oxygen atoms in total. The molecule has 4 rings (SSSR count). The van der Waals surface area contributed by atoms with E-state index in [0.29, 0.717) is 17.1 Å². The standard InChI is InChI=1S/C20H13BrN2O2/c21-14-11-17-18(20(24)23-19(17)22-12-14)10-13-5-4-8-16(9-13)25-15-6-2-1-3-7-15/h1-12H,(H,22,23,24)/b18-10-. The highest BCUT2D eigenvalue weighted by Crippen LogP contribution is 2.33. The van der Waals surface area contributed by atoms with Crippen LogP contribution in [0.3, 0.4) is 0 Å². The number of aromatic nitrogens is 1. The predicted octanol–water partition coefficient (Wildman–Crippen LogP) is 5.13. The van der Waals surface area contributed by atoms with E-state index in [1.165, 1.54) is 0 Å². The van der Waals surface area contributed by atoms with E-state index in [1.54, 1.807) is 6.20 Å². The van der Waals surface area contributed by atoms with Crippen LogP contribution in [-0.2, 0) is 4.79 Å². The molecule has 1 aliphatic rings. The van der Waals surface area contributed by atoms with Crippen LogP contribution in [-0.4, -0.2) is 10.9 Å². The second-order valence-electron chi connectivity index (χ2n) is 5.55. The van der Waals surface area contributed by atoms with E-state index in [0.717, 1.165) is 21.3 Å². The summed E-state index contributed by atoms with van der Waals surface area (Å²) in [5.41, 5.74) is 2.25. The number of nitrogens with one attached hydrogen (secondary N) is 1. The van der Waals surface area contributed by atoms with Crippen LogP contribution in [0.2, 0.25) is 0 Å². The maximum absolute atomic E-state index is 12.3. The van der Waals surface area contributed by atoms with E-state index in [-0.39, 0.29) is 5.91 Å². The predicted molar refractivity (Wildman–Crippen MR) is 101 cm³/mol. The van der Waals surface area contributed by atoms with Crippen LogP contribution in [0.1, 0.15) is 11.1 Å². The van der Waals surface area contributed by atoms with Crippen LogP contribution in [0.25, 0.3) is 11.6 Å². The molecule has 0 fully saturated rings. The van der Waals surface area contributed by atoms with Gasteiger partial charge in [0, 0.05) is 16.2 Å². The van der Waals surface area contributed by atoms with Crippen molar-refractivity contribution in [2.24, 2.45) is 0 Å². The van der Waals surface area contributed by atoms with Crippen molar-refractivity contribution in [3.63, 3.8) is 0 Å². The van der Waals surface area contributed by atoms with E-state index in [1.807, 2.05) is 66.7 Å². The van der Waals surface area contributed by atoms with Crippen molar-refractivity contribution in [2.75, 3.05) is 5.32 Å². The number of rotatable bonds is 3. The van der Waals surface area contributed by atoms with Gasteiger partial charge in [0.2, 0.25) is 0 Å². The fraction of sp³-hybridized carbons (Fsp3) is 0. The Morgan fingerprint density at radius 2 is 1.80 bits per heavy atom. The first kappa shape index (κ1) is 15.6. The minimum atomic E-state index is -0.157. The van der Waals surface area contributed by atoms with Crippen LogP contribution in [0.15, 0.2) is 71.3 Å². The lowest BCUT2D eigenvalue weighted by Gasteiger charge is -2.06. The number of halogens is 1. The number of hydrogen-bond acceptors (Lipinski definition) is 3. The van der Waals surface area contributed by atoms with Gasteiger partial charge in [0.25, 0.3) is 5.91 Å². The summed E-state index contributed by atoms with van der Waals surface area (Å²) >= 11 is 3.40. The van der Waals surface area contributed by atoms with Gasteiger partial charge < -0.3 is 10.1 Å². The number of nitrogens with zero attached hydrogens (tertiary/aromatic N) is 1. The van der Waals surface area contributed by atoms with Crippen LogP contribution >= 0.6 is 15.9 Å². The highest BCUT2D eigenvalue weighted by Gasteiger charge is 2.25. The van der Waals surface area contributed by atoms with Gasteiger partial charge >= 0.3 is 0 Å². The monoisotopic (exact) mass is 392 g/mol. The molecule has 5 heteroatoms. The third kappa shape index (κ3) is 3.32. The molecule has 0 saturated heterocycles. The van der Waals surface area contributed by atoms with Gasteiger partial charge in [-0.2, -0.15) is 0 Å². The summed E-state index contributed by atoms with van der Waals surface area (Å²) in [6, 6.07) is 19.1. The lowest BCUT2D eigenvalue weighted by atomic mass is 10.1. The molecule has 1 amide bonds. The third-order valence-corrected chi connectivity index (χ3v) is 4.20. The summed E-state index contributed by atoms with van der Waals surface area (Å²) in [4.78, 5) is 16.5. The molecule has 3 aromatic rings. The van der Waals surface area contributed by atoms with Gasteiger partial charge in [0.15, 0.2) is 0 Å². The zero-order valence-electron chi connectivity index (χ0n) is 13.1. The topological polar surface area (TPSA) is 51.2 Å². The van der Waals surface area contributed by atoms with Gasteiger partial charge in [0.1, 0.15) is 17.3 Å². The summed E-state index contributed by atoms with van der Waals surface area (Å²) in [6.45, 7) is 0. The molecule has 0 saturated carbocycles. The van der Waals surface area contributed by atoms with Crippen molar-refractivity contribution in [1.82, 2.24) is 4.98 Å². The minimum absolute atomic E-state index is 0.157. The highest BCUT2D eigenvalue weighted by atomic mass is 79.9. The van der Waals surface area contributed by atoms with Crippen molar-refractivity contribution in [1.29, 1.82) is 0 Å². The average Bonchev–Trinajstić information content (AvgIpc) is 2.91. The number of carbonyl (C=O) groups is 1. The Labute approximate surface area is 153 Å². The molecule has 0 spiro atoms. The number of hydrogen-bond donors (Lipinski definition) is 1. The number of carbonyl (C=O) groups excluding carboxylic acids is 1. The normalized spacial score (nSPS) is 14.3. The number of benzene rings is 2. The summed E-state index contributed by atoms with van der Waals surface area (Å²) in [5, 5.41) is 2.78. The first-order chi connectivity index (χ1) is 12.2. The molecule has 1 aliphatic heterocycles. The molecule has 1 N–H and O–H groups in total. The number of ether oxygens (including phenoxy) is 1. The third-order valence-electron chi connectivity index (χ3n) is 3.77. The minimum Gasteiger partial charge on any atom is -0.457 e. The number of para-hydroxylation sites is 1. The molecule has 2 aromatic carbocycles. The van der Waals surface area contributed by atoms with Crippen LogP contribution in [0.4, 0.5) is 5.82 Å². The fourth-order valence-corrected chi connectivity index (χ4v) is 2.98. The van der Waals surface area contributed by atoms with Gasteiger partial charge in [-0.1, -0.05) is 30.3 Å². The number of fused-ring (bicyclic) bond motifs is 1. The molecule has 0 radical (unpaired) electrons. The average molecular weight is 393 g/mol. The fourth-order valence-electron chi connectivity index (χ4n) is 2.64. The summed E-state index contributed by atoms with van der Waals surface area (Å²) < 4.78 is 6.68. The molecule has 0 bridgehead atoms. The van der Waals surface area contributed by atoms with Gasteiger partial charge in [-0.25, -0.2) is 4.98 Å². The largest absolute Gasteiger partial charge is 0.457 e. The molecule has 2 heterocycles. The van der Waals surface area contributed by atoms with Crippen LogP contribution in [0.5, 0.6) is 11.5 Å². The maximum atomic E-state index is 12.3. The smallest absolute Gasteiger partial charge is 0.257 e. The molecular formula is C20H13BrN2O2. The molecule has 0 unspecified atom stereocenters. The second-order valence-corrected chi connectivity index (χ2v) is 6.47. The van der Waals surface area contributed by atoms with E-state index in [2.05, 4.69) is 26.2 Å². The number of pyridine rings is 1. The molecule has 25 heavy (non-hydrogen) atoms. The summed E-state index contributed by atoms with van der Waals surface area (Å²) in [6.07, 6.45) is 3.50. The molecule has 0 atom stereocenters. The first-order valence-corrected chi connectivity index (χ1v) is 8.50. The van der Waals surface area contributed by atoms with Gasteiger partial charge in [-0.3, -0.25) is 4.79 Å². The summed E-state index contributed by atoms with van der Waals surface area (Å²) in [5.74, 6) is 1.90. The molecular weight excluding hydrogens is 380 g/mol. The second kappa shape index (κ2) is 6.53. The molecule has 0 aliphatic carbocycles. The Balaban J connectivity index is 1.67. The van der Waals surface area contributed by atoms with Crippen LogP contribution < -0.4 is 10.1 Å². The molecule has 1 aromatic heterocycles. The van der Waals surface area contributed by atoms with E-state index >= 15 is 0 Å². The quantitative estimate of drug-likeness (QED) is 0.628. The Bertz CT molecular complexity index is 984. The Morgan fingerprint density at radius 3 is 2.64 bits per heavy atom. The molecule has 122 valence electrons. The maximum Gasteiger partial charge on any atom is 0.257 e. The van der Waals surface area contributed by atoms with Crippen molar-refractivity contribution in [3.8, 4) is 11.5 Å². The number of anilines is 1. The van der Waals surface area contributed by atoms with Crippen molar-refractivity contribution < 1.29 is 9.53 Å². The zero-order chi connectivity index (χ0) is 17.2. The first-order valence-electron chi connectivity index (χ1n) is 7.71. The lowest BCUT2D eigenvalue weighted by Crippen LogP contribution is -2.04. The Kier molecular flexibility index (Phi) is 4.07. The van der Waals surface area contributed by atoms with Crippen molar-refractivity contribution in [3.05, 3.63) is 82.5 Å². The number of amides is 1. The SMILES string of the molecule is O=C1Nc2ncc(Br)cc2/C1=C/c1cccc(Oc2ccccc2)c1. The van der Waals surface area contributed by atoms with Crippen LogP contribution in [0, 0.1) is 0 Å².